The van der Waals surface area contributed by atoms with Crippen molar-refractivity contribution in [1.29, 1.82) is 0 Å². The van der Waals surface area contributed by atoms with Crippen molar-refractivity contribution in [3.8, 4) is 22.7 Å². The first-order chi connectivity index (χ1) is 31.2. The second-order valence-electron chi connectivity index (χ2n) is 16.6. The molecule has 0 aliphatic carbocycles. The van der Waals surface area contributed by atoms with Crippen molar-refractivity contribution in [3.05, 3.63) is 108 Å². The third-order valence-electron chi connectivity index (χ3n) is 12.2. The number of piperidine rings is 2. The molecule has 3 aliphatic heterocycles. The van der Waals surface area contributed by atoms with Gasteiger partial charge in [-0.2, -0.15) is 5.10 Å². The number of furan rings is 1. The molecular formula is C48H49N9O7. The Hall–Kier alpha value is -7.20. The Labute approximate surface area is 368 Å². The van der Waals surface area contributed by atoms with Crippen molar-refractivity contribution in [3.63, 3.8) is 0 Å². The first-order valence-electron chi connectivity index (χ1n) is 22.0. The number of imidazole rings is 1. The van der Waals surface area contributed by atoms with Crippen molar-refractivity contribution < 1.29 is 33.2 Å². The summed E-state index contributed by atoms with van der Waals surface area (Å²) in [7, 11) is 0. The van der Waals surface area contributed by atoms with E-state index in [9.17, 15) is 28.8 Å². The zero-order valence-corrected chi connectivity index (χ0v) is 35.3. The quantitative estimate of drug-likeness (QED) is 0.0758. The van der Waals surface area contributed by atoms with Gasteiger partial charge >= 0.3 is 0 Å². The highest BCUT2D eigenvalue weighted by Gasteiger charge is 2.40. The van der Waals surface area contributed by atoms with Crippen LogP contribution < -0.4 is 21.3 Å². The van der Waals surface area contributed by atoms with Gasteiger partial charge in [-0.3, -0.25) is 34.1 Å². The SMILES string of the molecule is O=C(CN[C@H]1CCCN(C(=O)c2ccc(-c3ccc4ncc(-c5cc6ccccc6o5)n4n3)cc2)C1)NCCCCCCC(=O)Nc1cccc2c1CN(C1CCC(=O)NC1=O)C2=O. The van der Waals surface area contributed by atoms with Gasteiger partial charge in [-0.05, 0) is 80.6 Å². The maximum atomic E-state index is 13.6. The summed E-state index contributed by atoms with van der Waals surface area (Å²) in [5.74, 6) is -0.739. The smallest absolute Gasteiger partial charge is 0.255 e. The zero-order chi connectivity index (χ0) is 44.2. The molecule has 9 rings (SSSR count). The van der Waals surface area contributed by atoms with E-state index in [1.807, 2.05) is 71.6 Å². The number of benzene rings is 3. The monoisotopic (exact) mass is 863 g/mol. The predicted octanol–water partition coefficient (Wildman–Crippen LogP) is 5.47. The number of rotatable bonds is 15. The van der Waals surface area contributed by atoms with Gasteiger partial charge in [0.15, 0.2) is 11.4 Å². The molecule has 0 bridgehead atoms. The van der Waals surface area contributed by atoms with Gasteiger partial charge in [0.05, 0.1) is 18.4 Å². The molecule has 0 radical (unpaired) electrons. The zero-order valence-electron chi connectivity index (χ0n) is 35.3. The molecule has 0 spiro atoms. The van der Waals surface area contributed by atoms with E-state index in [1.54, 1.807) is 28.9 Å². The number of imide groups is 1. The van der Waals surface area contributed by atoms with Crippen LogP contribution in [0.4, 0.5) is 5.69 Å². The molecule has 0 saturated carbocycles. The van der Waals surface area contributed by atoms with Gasteiger partial charge in [-0.15, -0.1) is 0 Å². The summed E-state index contributed by atoms with van der Waals surface area (Å²) in [6.45, 7) is 2.03. The lowest BCUT2D eigenvalue weighted by atomic mass is 10.0. The second-order valence-corrected chi connectivity index (χ2v) is 16.6. The van der Waals surface area contributed by atoms with E-state index in [0.717, 1.165) is 60.0 Å². The molecule has 2 fully saturated rings. The van der Waals surface area contributed by atoms with Crippen LogP contribution in [0.2, 0.25) is 0 Å². The number of hydrogen-bond acceptors (Lipinski definition) is 10. The van der Waals surface area contributed by atoms with Crippen molar-refractivity contribution in [2.24, 2.45) is 0 Å². The summed E-state index contributed by atoms with van der Waals surface area (Å²) in [4.78, 5) is 84.0. The molecule has 4 N–H and O–H groups in total. The van der Waals surface area contributed by atoms with Gasteiger partial charge in [0.2, 0.25) is 23.6 Å². The van der Waals surface area contributed by atoms with E-state index in [2.05, 4.69) is 26.3 Å². The van der Waals surface area contributed by atoms with Crippen LogP contribution >= 0.6 is 0 Å². The van der Waals surface area contributed by atoms with Gasteiger partial charge in [-0.1, -0.05) is 49.2 Å². The number of carbonyl (C=O) groups is 6. The Morgan fingerprint density at radius 1 is 0.875 bits per heavy atom. The van der Waals surface area contributed by atoms with Gasteiger partial charge < -0.3 is 30.2 Å². The fourth-order valence-corrected chi connectivity index (χ4v) is 8.80. The Morgan fingerprint density at radius 2 is 1.72 bits per heavy atom. The predicted molar refractivity (Wildman–Crippen MR) is 238 cm³/mol. The lowest BCUT2D eigenvalue weighted by Crippen LogP contribution is -2.52. The number of fused-ring (bicyclic) bond motifs is 3. The van der Waals surface area contributed by atoms with Crippen LogP contribution in [0.25, 0.3) is 39.3 Å². The molecule has 328 valence electrons. The number of nitrogens with one attached hydrogen (secondary N) is 4. The molecule has 6 amide bonds. The standard InChI is InChI=1S/C48H49N9O7/c58-43(52-37-12-7-11-34-35(37)29-56(48(34)63)38-20-22-44(59)53-46(38)61)14-3-1-2-6-23-49-45(60)27-50-33-10-8-24-55(28-33)47(62)31-17-15-30(16-18-31)36-19-21-42-51-26-39(57(42)54-36)41-25-32-9-4-5-13-40(32)64-41/h4-5,7,9,11-13,15-19,21,25-26,33,38,50H,1-3,6,8,10,14,20,22-24,27-29H2,(H,49,60)(H,52,58)(H,53,59,61)/t33-,38?/m0/s1. The van der Waals surface area contributed by atoms with E-state index in [-0.39, 0.29) is 61.5 Å². The summed E-state index contributed by atoms with van der Waals surface area (Å²) in [6.07, 6.45) is 7.32. The first-order valence-corrected chi connectivity index (χ1v) is 22.0. The molecule has 64 heavy (non-hydrogen) atoms. The summed E-state index contributed by atoms with van der Waals surface area (Å²) < 4.78 is 7.85. The van der Waals surface area contributed by atoms with Gasteiger partial charge in [-0.25, -0.2) is 9.50 Å². The minimum absolute atomic E-state index is 0.00244. The summed E-state index contributed by atoms with van der Waals surface area (Å²) in [6, 6.07) is 25.6. The molecular weight excluding hydrogens is 815 g/mol. The van der Waals surface area contributed by atoms with E-state index < -0.39 is 11.9 Å². The number of aromatic nitrogens is 3. The van der Waals surface area contributed by atoms with E-state index in [0.29, 0.717) is 66.3 Å². The fraction of sp³-hybridized carbons (Fsp3) is 0.333. The van der Waals surface area contributed by atoms with Crippen LogP contribution in [0.15, 0.2) is 95.5 Å². The van der Waals surface area contributed by atoms with Crippen LogP contribution in [0, 0.1) is 0 Å². The average Bonchev–Trinajstić information content (AvgIpc) is 4.03. The highest BCUT2D eigenvalue weighted by atomic mass is 16.3. The maximum Gasteiger partial charge on any atom is 0.255 e. The van der Waals surface area contributed by atoms with Crippen molar-refractivity contribution in [1.82, 2.24) is 40.3 Å². The van der Waals surface area contributed by atoms with E-state index >= 15 is 0 Å². The van der Waals surface area contributed by atoms with Gasteiger partial charge in [0.1, 0.15) is 17.3 Å². The molecule has 6 aromatic rings. The third kappa shape index (κ3) is 9.13. The fourth-order valence-electron chi connectivity index (χ4n) is 8.80. The summed E-state index contributed by atoms with van der Waals surface area (Å²) in [5.41, 5.74) is 6.10. The Morgan fingerprint density at radius 3 is 2.56 bits per heavy atom. The van der Waals surface area contributed by atoms with Crippen molar-refractivity contribution in [2.45, 2.75) is 76.4 Å². The van der Waals surface area contributed by atoms with Crippen LogP contribution in [0.5, 0.6) is 0 Å². The number of unbranched alkanes of at least 4 members (excludes halogenated alkanes) is 3. The number of para-hydroxylation sites is 1. The summed E-state index contributed by atoms with van der Waals surface area (Å²) >= 11 is 0. The molecule has 3 aromatic carbocycles. The molecule has 16 nitrogen and oxygen atoms in total. The topological polar surface area (TPSA) is 200 Å². The van der Waals surface area contributed by atoms with E-state index in [1.165, 1.54) is 4.90 Å². The number of nitrogens with zero attached hydrogens (tertiary/aromatic N) is 5. The largest absolute Gasteiger partial charge is 0.454 e. The first kappa shape index (κ1) is 42.1. The molecule has 2 saturated heterocycles. The summed E-state index contributed by atoms with van der Waals surface area (Å²) in [5, 5.41) is 17.4. The maximum absolute atomic E-state index is 13.6. The second kappa shape index (κ2) is 18.6. The molecule has 3 aromatic heterocycles. The molecule has 3 aliphatic rings. The van der Waals surface area contributed by atoms with Gasteiger partial charge in [0, 0.05) is 78.4 Å². The normalized spacial score (nSPS) is 17.5. The van der Waals surface area contributed by atoms with Crippen LogP contribution in [-0.2, 0) is 25.7 Å². The molecule has 1 unspecified atom stereocenters. The molecule has 16 heteroatoms. The number of amides is 6. The lowest BCUT2D eigenvalue weighted by Gasteiger charge is -2.33. The Bertz CT molecular complexity index is 2730. The van der Waals surface area contributed by atoms with Crippen molar-refractivity contribution >= 4 is 57.7 Å². The van der Waals surface area contributed by atoms with Crippen LogP contribution in [0.3, 0.4) is 0 Å². The Balaban J connectivity index is 0.672. The lowest BCUT2D eigenvalue weighted by molar-refractivity contribution is -0.137. The average molecular weight is 864 g/mol. The molecule has 6 heterocycles. The highest BCUT2D eigenvalue weighted by molar-refractivity contribution is 6.07. The third-order valence-corrected chi connectivity index (χ3v) is 12.2. The minimum Gasteiger partial charge on any atom is -0.454 e. The van der Waals surface area contributed by atoms with E-state index in [4.69, 9.17) is 9.52 Å². The number of likely N-dealkylation sites (tertiary alicyclic amines) is 1. The van der Waals surface area contributed by atoms with Crippen LogP contribution in [0.1, 0.15) is 84.1 Å². The number of hydrogen-bond donors (Lipinski definition) is 4. The van der Waals surface area contributed by atoms with Gasteiger partial charge in [0.25, 0.3) is 11.8 Å². The van der Waals surface area contributed by atoms with Crippen molar-refractivity contribution in [2.75, 3.05) is 31.5 Å². The molecule has 2 atom stereocenters. The number of anilines is 1. The van der Waals surface area contributed by atoms with Crippen LogP contribution in [-0.4, -0.2) is 98.1 Å². The number of carbonyl (C=O) groups excluding carboxylic acids is 6. The highest BCUT2D eigenvalue weighted by Crippen LogP contribution is 2.33. The Kier molecular flexibility index (Phi) is 12.3. The minimum atomic E-state index is -0.721.